The van der Waals surface area contributed by atoms with E-state index in [1.807, 2.05) is 0 Å². The molecule has 3 heterocycles. The SMILES string of the molecule is COC(=O)c1cccc2nnc(C3CCCS3(=O)=O)n12. The summed E-state index contributed by atoms with van der Waals surface area (Å²) in [5.41, 5.74) is 0.664. The number of rotatable bonds is 2. The maximum Gasteiger partial charge on any atom is 0.355 e. The summed E-state index contributed by atoms with van der Waals surface area (Å²) in [6.45, 7) is 0. The van der Waals surface area contributed by atoms with Gasteiger partial charge in [0.2, 0.25) is 0 Å². The second-order valence-corrected chi connectivity index (χ2v) is 6.96. The normalized spacial score (nSPS) is 21.1. The molecule has 106 valence electrons. The van der Waals surface area contributed by atoms with Crippen LogP contribution < -0.4 is 0 Å². The first-order valence-corrected chi connectivity index (χ1v) is 7.90. The van der Waals surface area contributed by atoms with Crippen LogP contribution in [0.15, 0.2) is 18.2 Å². The predicted molar refractivity (Wildman–Crippen MR) is 70.1 cm³/mol. The van der Waals surface area contributed by atoms with Gasteiger partial charge in [-0.3, -0.25) is 4.40 Å². The number of esters is 1. The highest BCUT2D eigenvalue weighted by Crippen LogP contribution is 2.34. The molecule has 20 heavy (non-hydrogen) atoms. The first-order chi connectivity index (χ1) is 9.54. The Kier molecular flexibility index (Phi) is 2.97. The number of carbonyl (C=O) groups is 1. The zero-order chi connectivity index (χ0) is 14.3. The molecule has 0 amide bonds. The highest BCUT2D eigenvalue weighted by Gasteiger charge is 2.36. The van der Waals surface area contributed by atoms with Crippen molar-refractivity contribution in [3.63, 3.8) is 0 Å². The van der Waals surface area contributed by atoms with E-state index in [1.165, 1.54) is 11.5 Å². The van der Waals surface area contributed by atoms with Crippen LogP contribution >= 0.6 is 0 Å². The van der Waals surface area contributed by atoms with E-state index in [0.717, 1.165) is 0 Å². The van der Waals surface area contributed by atoms with Crippen molar-refractivity contribution in [2.45, 2.75) is 18.1 Å². The molecule has 1 aliphatic rings. The summed E-state index contributed by atoms with van der Waals surface area (Å²) in [4.78, 5) is 11.8. The lowest BCUT2D eigenvalue weighted by Gasteiger charge is -2.10. The van der Waals surface area contributed by atoms with Gasteiger partial charge < -0.3 is 4.74 Å². The van der Waals surface area contributed by atoms with Gasteiger partial charge in [-0.15, -0.1) is 10.2 Å². The molecule has 1 atom stereocenters. The van der Waals surface area contributed by atoms with Gasteiger partial charge in [0.15, 0.2) is 21.3 Å². The second-order valence-electron chi connectivity index (χ2n) is 4.65. The van der Waals surface area contributed by atoms with E-state index in [4.69, 9.17) is 4.74 Å². The molecule has 1 saturated heterocycles. The molecule has 7 nitrogen and oxygen atoms in total. The fourth-order valence-electron chi connectivity index (χ4n) is 2.52. The summed E-state index contributed by atoms with van der Waals surface area (Å²) in [6.07, 6.45) is 1.10. The average molecular weight is 295 g/mol. The van der Waals surface area contributed by atoms with E-state index in [2.05, 4.69) is 10.2 Å². The van der Waals surface area contributed by atoms with Crippen LogP contribution in [0.4, 0.5) is 0 Å². The van der Waals surface area contributed by atoms with Crippen LogP contribution in [0.25, 0.3) is 5.65 Å². The van der Waals surface area contributed by atoms with Crippen molar-refractivity contribution < 1.29 is 17.9 Å². The molecule has 8 heteroatoms. The van der Waals surface area contributed by atoms with Gasteiger partial charge in [0.25, 0.3) is 0 Å². The molecule has 0 saturated carbocycles. The lowest BCUT2D eigenvalue weighted by atomic mass is 10.2. The molecular formula is C12H13N3O4S. The zero-order valence-corrected chi connectivity index (χ0v) is 11.6. The quantitative estimate of drug-likeness (QED) is 0.760. The van der Waals surface area contributed by atoms with Gasteiger partial charge in [0, 0.05) is 0 Å². The van der Waals surface area contributed by atoms with E-state index in [-0.39, 0.29) is 11.4 Å². The van der Waals surface area contributed by atoms with E-state index >= 15 is 0 Å². The van der Waals surface area contributed by atoms with Crippen LogP contribution in [-0.4, -0.2) is 41.8 Å². The van der Waals surface area contributed by atoms with Gasteiger partial charge in [0.05, 0.1) is 12.9 Å². The molecule has 0 bridgehead atoms. The average Bonchev–Trinajstić information content (AvgIpc) is 3.00. The van der Waals surface area contributed by atoms with Crippen LogP contribution in [0.5, 0.6) is 0 Å². The van der Waals surface area contributed by atoms with Crippen LogP contribution in [0.3, 0.4) is 0 Å². The number of aromatic nitrogens is 3. The Morgan fingerprint density at radius 1 is 1.40 bits per heavy atom. The number of hydrogen-bond acceptors (Lipinski definition) is 6. The number of methoxy groups -OCH3 is 1. The number of carbonyl (C=O) groups excluding carboxylic acids is 1. The molecule has 1 fully saturated rings. The van der Waals surface area contributed by atoms with Crippen molar-refractivity contribution in [1.82, 2.24) is 14.6 Å². The Hall–Kier alpha value is -1.96. The van der Waals surface area contributed by atoms with Crippen molar-refractivity contribution in [2.24, 2.45) is 0 Å². The maximum atomic E-state index is 12.1. The molecule has 2 aromatic heterocycles. The Labute approximate surface area is 115 Å². The lowest BCUT2D eigenvalue weighted by Crippen LogP contribution is -2.15. The van der Waals surface area contributed by atoms with Gasteiger partial charge in [-0.1, -0.05) is 6.07 Å². The monoisotopic (exact) mass is 295 g/mol. The molecular weight excluding hydrogens is 282 g/mol. The summed E-state index contributed by atoms with van der Waals surface area (Å²) in [7, 11) is -1.95. The minimum atomic E-state index is -3.23. The molecule has 0 N–H and O–H groups in total. The minimum absolute atomic E-state index is 0.146. The molecule has 0 aliphatic carbocycles. The summed E-state index contributed by atoms with van der Waals surface area (Å²) >= 11 is 0. The van der Waals surface area contributed by atoms with Crippen LogP contribution in [0.1, 0.15) is 34.4 Å². The summed E-state index contributed by atoms with van der Waals surface area (Å²) in [5.74, 6) is -0.113. The fourth-order valence-corrected chi connectivity index (χ4v) is 4.37. The van der Waals surface area contributed by atoms with Crippen LogP contribution in [-0.2, 0) is 14.6 Å². The lowest BCUT2D eigenvalue weighted by molar-refractivity contribution is 0.0592. The van der Waals surface area contributed by atoms with Gasteiger partial charge in [-0.2, -0.15) is 0 Å². The second kappa shape index (κ2) is 4.55. The Balaban J connectivity index is 2.25. The third-order valence-corrected chi connectivity index (χ3v) is 5.64. The Morgan fingerprint density at radius 3 is 2.85 bits per heavy atom. The van der Waals surface area contributed by atoms with E-state index < -0.39 is 21.1 Å². The van der Waals surface area contributed by atoms with E-state index in [0.29, 0.717) is 24.3 Å². The van der Waals surface area contributed by atoms with Crippen molar-refractivity contribution in [3.8, 4) is 0 Å². The number of pyridine rings is 1. The summed E-state index contributed by atoms with van der Waals surface area (Å²) < 4.78 is 30.3. The molecule has 1 aliphatic heterocycles. The Bertz CT molecular complexity index is 781. The smallest absolute Gasteiger partial charge is 0.355 e. The third-order valence-electron chi connectivity index (χ3n) is 3.46. The Morgan fingerprint density at radius 2 is 2.20 bits per heavy atom. The standard InChI is InChI=1S/C12H13N3O4S/c1-19-12(16)8-4-2-6-10-13-14-11(15(8)10)9-5-3-7-20(9,17)18/h2,4,6,9H,3,5,7H2,1H3. The number of hydrogen-bond donors (Lipinski definition) is 0. The first kappa shape index (κ1) is 13.0. The highest BCUT2D eigenvalue weighted by molar-refractivity contribution is 7.91. The number of nitrogens with zero attached hydrogens (tertiary/aromatic N) is 3. The molecule has 0 spiro atoms. The molecule has 0 radical (unpaired) electrons. The highest BCUT2D eigenvalue weighted by atomic mass is 32.2. The molecule has 0 aromatic carbocycles. The van der Waals surface area contributed by atoms with Crippen molar-refractivity contribution >= 4 is 21.5 Å². The molecule has 3 rings (SSSR count). The van der Waals surface area contributed by atoms with Gasteiger partial charge >= 0.3 is 5.97 Å². The van der Waals surface area contributed by atoms with E-state index in [1.54, 1.807) is 18.2 Å². The number of ether oxygens (including phenoxy) is 1. The van der Waals surface area contributed by atoms with Gasteiger partial charge in [-0.25, -0.2) is 13.2 Å². The summed E-state index contributed by atoms with van der Waals surface area (Å²) in [5, 5.41) is 7.22. The van der Waals surface area contributed by atoms with Crippen LogP contribution in [0, 0.1) is 0 Å². The maximum absolute atomic E-state index is 12.1. The van der Waals surface area contributed by atoms with Crippen molar-refractivity contribution in [2.75, 3.05) is 12.9 Å². The van der Waals surface area contributed by atoms with Crippen molar-refractivity contribution in [3.05, 3.63) is 29.7 Å². The third kappa shape index (κ3) is 1.87. The van der Waals surface area contributed by atoms with E-state index in [9.17, 15) is 13.2 Å². The van der Waals surface area contributed by atoms with Crippen LogP contribution in [0.2, 0.25) is 0 Å². The predicted octanol–water partition coefficient (Wildman–Crippen LogP) is 0.766. The summed E-state index contributed by atoms with van der Waals surface area (Å²) in [6, 6.07) is 4.89. The first-order valence-electron chi connectivity index (χ1n) is 6.18. The van der Waals surface area contributed by atoms with Gasteiger partial charge in [0.1, 0.15) is 10.9 Å². The molecule has 1 unspecified atom stereocenters. The molecule has 2 aromatic rings. The fraction of sp³-hybridized carbons (Fsp3) is 0.417. The van der Waals surface area contributed by atoms with Gasteiger partial charge in [-0.05, 0) is 25.0 Å². The number of fused-ring (bicyclic) bond motifs is 1. The minimum Gasteiger partial charge on any atom is -0.464 e. The topological polar surface area (TPSA) is 90.6 Å². The number of sulfone groups is 1. The largest absolute Gasteiger partial charge is 0.464 e. The van der Waals surface area contributed by atoms with Crippen molar-refractivity contribution in [1.29, 1.82) is 0 Å². The zero-order valence-electron chi connectivity index (χ0n) is 10.8.